The van der Waals surface area contributed by atoms with Gasteiger partial charge in [0.1, 0.15) is 0 Å². The number of aromatic nitrogens is 1. The van der Waals surface area contributed by atoms with E-state index in [0.717, 1.165) is 22.3 Å². The molecule has 1 aliphatic rings. The maximum atomic E-state index is 6.13. The minimum Gasteiger partial charge on any atom is -0.381 e. The Hall–Kier alpha value is -0.760. The second-order valence-corrected chi connectivity index (χ2v) is 4.29. The molecule has 0 radical (unpaired) electrons. The number of aryl methyl sites for hydroxylation is 1. The third kappa shape index (κ3) is 1.85. The molecule has 1 aromatic heterocycles. The predicted molar refractivity (Wildman–Crippen MR) is 59.8 cm³/mol. The number of hydrogen-bond donors (Lipinski definition) is 1. The van der Waals surface area contributed by atoms with Gasteiger partial charge in [-0.15, -0.1) is 0 Å². The van der Waals surface area contributed by atoms with Gasteiger partial charge in [0.05, 0.1) is 16.4 Å². The minimum atomic E-state index is 0.624. The van der Waals surface area contributed by atoms with Gasteiger partial charge in [-0.1, -0.05) is 24.9 Å². The molecular formula is C11H15ClN2. The summed E-state index contributed by atoms with van der Waals surface area (Å²) < 4.78 is 0. The summed E-state index contributed by atoms with van der Waals surface area (Å²) in [6, 6.07) is 2.57. The van der Waals surface area contributed by atoms with Crippen molar-refractivity contribution < 1.29 is 0 Å². The zero-order valence-corrected chi connectivity index (χ0v) is 9.30. The van der Waals surface area contributed by atoms with E-state index in [1.807, 2.05) is 13.0 Å². The first kappa shape index (κ1) is 9.78. The molecule has 1 aliphatic carbocycles. The molecule has 1 aromatic rings. The van der Waals surface area contributed by atoms with Crippen molar-refractivity contribution in [3.8, 4) is 0 Å². The molecule has 1 fully saturated rings. The fraction of sp³-hybridized carbons (Fsp3) is 0.545. The van der Waals surface area contributed by atoms with Crippen molar-refractivity contribution in [2.75, 3.05) is 5.32 Å². The average molecular weight is 211 g/mol. The summed E-state index contributed by atoms with van der Waals surface area (Å²) in [7, 11) is 0. The van der Waals surface area contributed by atoms with Crippen LogP contribution in [0, 0.1) is 12.8 Å². The quantitative estimate of drug-likeness (QED) is 0.829. The number of hydrogen-bond acceptors (Lipinski definition) is 2. The smallest absolute Gasteiger partial charge is 0.0849 e. The minimum absolute atomic E-state index is 0.624. The van der Waals surface area contributed by atoms with E-state index in [2.05, 4.69) is 17.2 Å². The van der Waals surface area contributed by atoms with Crippen LogP contribution in [-0.4, -0.2) is 11.0 Å². The highest BCUT2D eigenvalue weighted by atomic mass is 35.5. The summed E-state index contributed by atoms with van der Waals surface area (Å²) in [4.78, 5) is 4.13. The van der Waals surface area contributed by atoms with E-state index < -0.39 is 0 Å². The number of nitrogens with zero attached hydrogens (tertiary/aromatic N) is 1. The molecule has 2 rings (SSSR count). The third-order valence-electron chi connectivity index (χ3n) is 2.85. The number of pyridine rings is 1. The SMILES string of the molecule is CCC1CC1Nc1ccnc(C)c1Cl. The van der Waals surface area contributed by atoms with Gasteiger partial charge in [0.25, 0.3) is 0 Å². The first-order valence-electron chi connectivity index (χ1n) is 5.10. The zero-order chi connectivity index (χ0) is 10.1. The van der Waals surface area contributed by atoms with Gasteiger partial charge in [-0.2, -0.15) is 0 Å². The molecule has 2 nitrogen and oxygen atoms in total. The van der Waals surface area contributed by atoms with Gasteiger partial charge in [-0.05, 0) is 25.3 Å². The Morgan fingerprint density at radius 3 is 3.07 bits per heavy atom. The molecule has 2 atom stereocenters. The van der Waals surface area contributed by atoms with E-state index in [9.17, 15) is 0 Å². The lowest BCUT2D eigenvalue weighted by atomic mass is 10.3. The van der Waals surface area contributed by atoms with Crippen LogP contribution in [0.2, 0.25) is 5.02 Å². The van der Waals surface area contributed by atoms with Gasteiger partial charge in [-0.3, -0.25) is 4.98 Å². The average Bonchev–Trinajstić information content (AvgIpc) is 2.92. The Morgan fingerprint density at radius 2 is 2.43 bits per heavy atom. The molecule has 76 valence electrons. The van der Waals surface area contributed by atoms with Crippen LogP contribution in [0.5, 0.6) is 0 Å². The van der Waals surface area contributed by atoms with E-state index in [0.29, 0.717) is 6.04 Å². The second-order valence-electron chi connectivity index (χ2n) is 3.91. The molecule has 0 amide bonds. The van der Waals surface area contributed by atoms with E-state index in [1.54, 1.807) is 6.20 Å². The van der Waals surface area contributed by atoms with Crippen molar-refractivity contribution in [1.29, 1.82) is 0 Å². The van der Waals surface area contributed by atoms with Crippen LogP contribution in [0.3, 0.4) is 0 Å². The van der Waals surface area contributed by atoms with Crippen molar-refractivity contribution in [2.45, 2.75) is 32.7 Å². The van der Waals surface area contributed by atoms with Crippen molar-refractivity contribution in [3.05, 3.63) is 23.0 Å². The molecule has 1 N–H and O–H groups in total. The Balaban J connectivity index is 2.07. The number of halogens is 1. The Kier molecular flexibility index (Phi) is 2.64. The van der Waals surface area contributed by atoms with Crippen molar-refractivity contribution >= 4 is 17.3 Å². The number of rotatable bonds is 3. The maximum absolute atomic E-state index is 6.13. The van der Waals surface area contributed by atoms with Gasteiger partial charge in [0.15, 0.2) is 0 Å². The summed E-state index contributed by atoms with van der Waals surface area (Å²) in [5, 5.41) is 4.21. The van der Waals surface area contributed by atoms with Crippen LogP contribution in [-0.2, 0) is 0 Å². The number of nitrogens with one attached hydrogen (secondary N) is 1. The molecule has 0 spiro atoms. The van der Waals surface area contributed by atoms with Crippen LogP contribution >= 0.6 is 11.6 Å². The standard InChI is InChI=1S/C11H15ClN2/c1-3-8-6-10(8)14-9-4-5-13-7(2)11(9)12/h4-5,8,10H,3,6H2,1-2H3,(H,13,14). The maximum Gasteiger partial charge on any atom is 0.0849 e. The molecule has 0 aromatic carbocycles. The molecule has 0 saturated heterocycles. The molecule has 14 heavy (non-hydrogen) atoms. The largest absolute Gasteiger partial charge is 0.381 e. The summed E-state index contributed by atoms with van der Waals surface area (Å²) in [5.74, 6) is 0.833. The summed E-state index contributed by atoms with van der Waals surface area (Å²) >= 11 is 6.13. The predicted octanol–water partition coefficient (Wildman–Crippen LogP) is 3.25. The monoisotopic (exact) mass is 210 g/mol. The van der Waals surface area contributed by atoms with Gasteiger partial charge in [0, 0.05) is 12.2 Å². The van der Waals surface area contributed by atoms with E-state index in [4.69, 9.17) is 11.6 Å². The highest BCUT2D eigenvalue weighted by molar-refractivity contribution is 6.33. The summed E-state index contributed by atoms with van der Waals surface area (Å²) in [6.45, 7) is 4.16. The first-order chi connectivity index (χ1) is 6.72. The van der Waals surface area contributed by atoms with Gasteiger partial charge in [0.2, 0.25) is 0 Å². The molecule has 2 unspecified atom stereocenters. The van der Waals surface area contributed by atoms with Crippen LogP contribution in [0.25, 0.3) is 0 Å². The van der Waals surface area contributed by atoms with Crippen LogP contribution in [0.1, 0.15) is 25.5 Å². The van der Waals surface area contributed by atoms with E-state index in [-0.39, 0.29) is 0 Å². The Morgan fingerprint density at radius 1 is 1.64 bits per heavy atom. The number of anilines is 1. The molecular weight excluding hydrogens is 196 g/mol. The fourth-order valence-corrected chi connectivity index (χ4v) is 1.90. The fourth-order valence-electron chi connectivity index (χ4n) is 1.74. The van der Waals surface area contributed by atoms with Gasteiger partial charge >= 0.3 is 0 Å². The highest BCUT2D eigenvalue weighted by Gasteiger charge is 2.35. The van der Waals surface area contributed by atoms with E-state index in [1.165, 1.54) is 12.8 Å². The molecule has 1 saturated carbocycles. The lowest BCUT2D eigenvalue weighted by molar-refractivity contribution is 0.775. The molecule has 0 bridgehead atoms. The normalized spacial score (nSPS) is 24.8. The summed E-state index contributed by atoms with van der Waals surface area (Å²) in [5.41, 5.74) is 1.92. The molecule has 0 aliphatic heterocycles. The van der Waals surface area contributed by atoms with Crippen LogP contribution in [0.15, 0.2) is 12.3 Å². The second kappa shape index (κ2) is 3.77. The highest BCUT2D eigenvalue weighted by Crippen LogP contribution is 2.37. The Labute approximate surface area is 89.7 Å². The van der Waals surface area contributed by atoms with Crippen LogP contribution < -0.4 is 5.32 Å². The summed E-state index contributed by atoms with van der Waals surface area (Å²) in [6.07, 6.45) is 4.32. The third-order valence-corrected chi connectivity index (χ3v) is 3.33. The van der Waals surface area contributed by atoms with Gasteiger partial charge in [-0.25, -0.2) is 0 Å². The van der Waals surface area contributed by atoms with Crippen molar-refractivity contribution in [3.63, 3.8) is 0 Å². The van der Waals surface area contributed by atoms with E-state index >= 15 is 0 Å². The Bertz CT molecular complexity index is 338. The van der Waals surface area contributed by atoms with Crippen LogP contribution in [0.4, 0.5) is 5.69 Å². The molecule has 1 heterocycles. The van der Waals surface area contributed by atoms with Gasteiger partial charge < -0.3 is 5.32 Å². The molecule has 3 heteroatoms. The van der Waals surface area contributed by atoms with Crippen molar-refractivity contribution in [2.24, 2.45) is 5.92 Å². The van der Waals surface area contributed by atoms with Crippen molar-refractivity contribution in [1.82, 2.24) is 4.98 Å². The topological polar surface area (TPSA) is 24.9 Å². The zero-order valence-electron chi connectivity index (χ0n) is 8.55. The lowest BCUT2D eigenvalue weighted by Gasteiger charge is -2.08. The first-order valence-corrected chi connectivity index (χ1v) is 5.47. The lowest BCUT2D eigenvalue weighted by Crippen LogP contribution is -2.05.